The van der Waals surface area contributed by atoms with Gasteiger partial charge in [0.15, 0.2) is 5.82 Å². The molecule has 1 atom stereocenters. The van der Waals surface area contributed by atoms with Gasteiger partial charge in [-0.15, -0.1) is 0 Å². The fourth-order valence-corrected chi connectivity index (χ4v) is 3.53. The molecule has 0 spiro atoms. The second-order valence-corrected chi connectivity index (χ2v) is 6.89. The summed E-state index contributed by atoms with van der Waals surface area (Å²) in [6.45, 7) is 0.548. The number of aromatic amines is 1. The van der Waals surface area contributed by atoms with Crippen LogP contribution >= 0.6 is 11.6 Å². The molecule has 1 fully saturated rings. The molecule has 0 bridgehead atoms. The van der Waals surface area contributed by atoms with E-state index < -0.39 is 0 Å². The van der Waals surface area contributed by atoms with Gasteiger partial charge in [-0.25, -0.2) is 0 Å². The average molecular weight is 378 g/mol. The van der Waals surface area contributed by atoms with Crippen molar-refractivity contribution >= 4 is 23.3 Å². The Morgan fingerprint density at radius 2 is 1.96 bits per heavy atom. The van der Waals surface area contributed by atoms with E-state index in [1.165, 1.54) is 0 Å². The van der Waals surface area contributed by atoms with Crippen molar-refractivity contribution in [2.75, 3.05) is 11.4 Å². The van der Waals surface area contributed by atoms with Crippen molar-refractivity contribution in [3.05, 3.63) is 64.9 Å². The summed E-state index contributed by atoms with van der Waals surface area (Å²) < 4.78 is 0. The molecule has 1 saturated heterocycles. The number of nitrogens with one attached hydrogen (secondary N) is 1. The predicted molar refractivity (Wildman–Crippen MR) is 102 cm³/mol. The Morgan fingerprint density at radius 1 is 1.22 bits per heavy atom. The number of carbonyl (C=O) groups excluding carboxylic acids is 1. The Bertz CT molecular complexity index is 1010. The number of hydrogen-bond acceptors (Lipinski definition) is 4. The lowest BCUT2D eigenvalue weighted by Crippen LogP contribution is -2.28. The highest BCUT2D eigenvalue weighted by atomic mass is 35.5. The van der Waals surface area contributed by atoms with Crippen LogP contribution in [0.25, 0.3) is 11.3 Å². The first-order valence-corrected chi connectivity index (χ1v) is 9.00. The van der Waals surface area contributed by atoms with E-state index in [0.717, 1.165) is 17.5 Å². The lowest BCUT2D eigenvalue weighted by molar-refractivity contribution is -0.120. The molecule has 0 saturated carbocycles. The number of benzene rings is 1. The van der Waals surface area contributed by atoms with E-state index in [0.29, 0.717) is 35.1 Å². The van der Waals surface area contributed by atoms with Crippen LogP contribution in [0.4, 0.5) is 5.82 Å². The molecule has 27 heavy (non-hydrogen) atoms. The second kappa shape index (κ2) is 7.22. The molecule has 3 aromatic rings. The average Bonchev–Trinajstić information content (AvgIpc) is 3.28. The van der Waals surface area contributed by atoms with Crippen LogP contribution in [-0.4, -0.2) is 27.6 Å². The van der Waals surface area contributed by atoms with Crippen molar-refractivity contribution < 1.29 is 4.79 Å². The van der Waals surface area contributed by atoms with Gasteiger partial charge in [-0.1, -0.05) is 23.7 Å². The number of rotatable bonds is 4. The fraction of sp³-hybridized carbons (Fsp3) is 0.200. The van der Waals surface area contributed by atoms with Crippen LogP contribution in [0, 0.1) is 17.2 Å². The van der Waals surface area contributed by atoms with Gasteiger partial charge in [0, 0.05) is 35.4 Å². The maximum Gasteiger partial charge on any atom is 0.231 e. The van der Waals surface area contributed by atoms with Gasteiger partial charge in [0.1, 0.15) is 11.6 Å². The summed E-state index contributed by atoms with van der Waals surface area (Å²) in [5, 5.41) is 17.5. The number of halogens is 1. The summed E-state index contributed by atoms with van der Waals surface area (Å²) in [6, 6.07) is 13.3. The minimum Gasteiger partial charge on any atom is -0.294 e. The molecule has 1 unspecified atom stereocenters. The van der Waals surface area contributed by atoms with Crippen molar-refractivity contribution in [2.45, 2.75) is 12.8 Å². The molecule has 1 aliphatic heterocycles. The van der Waals surface area contributed by atoms with Gasteiger partial charge in [-0.05, 0) is 42.7 Å². The van der Waals surface area contributed by atoms with E-state index in [-0.39, 0.29) is 11.8 Å². The van der Waals surface area contributed by atoms with E-state index in [9.17, 15) is 10.1 Å². The molecular weight excluding hydrogens is 362 g/mol. The first kappa shape index (κ1) is 17.3. The van der Waals surface area contributed by atoms with Crippen molar-refractivity contribution in [3.63, 3.8) is 0 Å². The highest BCUT2D eigenvalue weighted by Crippen LogP contribution is 2.33. The van der Waals surface area contributed by atoms with Crippen molar-refractivity contribution in [2.24, 2.45) is 5.92 Å². The summed E-state index contributed by atoms with van der Waals surface area (Å²) in [7, 11) is 0. The highest BCUT2D eigenvalue weighted by Gasteiger charge is 2.35. The minimum atomic E-state index is -0.126. The van der Waals surface area contributed by atoms with E-state index in [4.69, 9.17) is 11.6 Å². The third-order valence-electron chi connectivity index (χ3n) is 4.80. The zero-order chi connectivity index (χ0) is 18.8. The summed E-state index contributed by atoms with van der Waals surface area (Å²) in [6.07, 6.45) is 4.68. The number of amides is 1. The first-order chi connectivity index (χ1) is 13.2. The van der Waals surface area contributed by atoms with Crippen LogP contribution < -0.4 is 4.90 Å². The second-order valence-electron chi connectivity index (χ2n) is 6.45. The monoisotopic (exact) mass is 377 g/mol. The Labute approximate surface area is 161 Å². The number of anilines is 1. The number of carbonyl (C=O) groups is 1. The third-order valence-corrected chi connectivity index (χ3v) is 5.05. The maximum absolute atomic E-state index is 12.9. The van der Waals surface area contributed by atoms with Crippen LogP contribution in [0.15, 0.2) is 48.8 Å². The van der Waals surface area contributed by atoms with Crippen molar-refractivity contribution in [1.82, 2.24) is 15.2 Å². The lowest BCUT2D eigenvalue weighted by Gasteiger charge is -2.14. The molecule has 1 aliphatic rings. The molecule has 1 amide bonds. The first-order valence-electron chi connectivity index (χ1n) is 8.62. The Balaban J connectivity index is 1.58. The van der Waals surface area contributed by atoms with Crippen molar-refractivity contribution in [3.8, 4) is 17.3 Å². The van der Waals surface area contributed by atoms with Crippen LogP contribution in [0.5, 0.6) is 0 Å². The molecule has 134 valence electrons. The third kappa shape index (κ3) is 3.29. The van der Waals surface area contributed by atoms with Crippen LogP contribution in [0.2, 0.25) is 5.02 Å². The predicted octanol–water partition coefficient (Wildman–Crippen LogP) is 3.59. The van der Waals surface area contributed by atoms with Gasteiger partial charge in [0.2, 0.25) is 5.91 Å². The molecule has 1 N–H and O–H groups in total. The van der Waals surface area contributed by atoms with E-state index in [2.05, 4.69) is 21.3 Å². The normalized spacial score (nSPS) is 16.5. The molecule has 6 nitrogen and oxygen atoms in total. The van der Waals surface area contributed by atoms with Crippen LogP contribution in [-0.2, 0) is 11.2 Å². The molecule has 4 rings (SSSR count). The number of pyridine rings is 1. The molecule has 0 aliphatic carbocycles. The fourth-order valence-electron chi connectivity index (χ4n) is 3.40. The highest BCUT2D eigenvalue weighted by molar-refractivity contribution is 6.30. The SMILES string of the molecule is N#Cc1c(N2CCC(Cc3ccc(Cl)cc3)C2=O)n[nH]c1-c1ccncc1. The van der Waals surface area contributed by atoms with Gasteiger partial charge in [-0.3, -0.25) is 19.8 Å². The number of hydrogen-bond donors (Lipinski definition) is 1. The number of nitrogens with zero attached hydrogens (tertiary/aromatic N) is 4. The quantitative estimate of drug-likeness (QED) is 0.752. The van der Waals surface area contributed by atoms with E-state index >= 15 is 0 Å². The molecule has 1 aromatic carbocycles. The van der Waals surface area contributed by atoms with E-state index in [1.54, 1.807) is 29.4 Å². The van der Waals surface area contributed by atoms with Crippen LogP contribution in [0.1, 0.15) is 17.5 Å². The molecule has 7 heteroatoms. The lowest BCUT2D eigenvalue weighted by atomic mass is 9.98. The van der Waals surface area contributed by atoms with E-state index in [1.807, 2.05) is 24.3 Å². The summed E-state index contributed by atoms with van der Waals surface area (Å²) in [5.41, 5.74) is 2.86. The summed E-state index contributed by atoms with van der Waals surface area (Å²) in [4.78, 5) is 18.5. The minimum absolute atomic E-state index is 0.00534. The topological polar surface area (TPSA) is 85.7 Å². The Hall–Kier alpha value is -3.17. The summed E-state index contributed by atoms with van der Waals surface area (Å²) >= 11 is 5.92. The molecule has 2 aromatic heterocycles. The standard InChI is InChI=1S/C20H16ClN5O/c21-16-3-1-13(2-4-16)11-15-7-10-26(20(15)27)19-17(12-22)18(24-25-19)14-5-8-23-9-6-14/h1-6,8-9,15H,7,10-11H2,(H,24,25). The number of H-pyrrole nitrogens is 1. The van der Waals surface area contributed by atoms with Crippen LogP contribution in [0.3, 0.4) is 0 Å². The number of aromatic nitrogens is 3. The number of nitriles is 1. The van der Waals surface area contributed by atoms with Gasteiger partial charge < -0.3 is 0 Å². The Morgan fingerprint density at radius 3 is 2.67 bits per heavy atom. The smallest absolute Gasteiger partial charge is 0.231 e. The molecule has 0 radical (unpaired) electrons. The van der Waals surface area contributed by atoms with Gasteiger partial charge in [0.25, 0.3) is 0 Å². The van der Waals surface area contributed by atoms with Crippen molar-refractivity contribution in [1.29, 1.82) is 5.26 Å². The van der Waals surface area contributed by atoms with Gasteiger partial charge >= 0.3 is 0 Å². The zero-order valence-electron chi connectivity index (χ0n) is 14.4. The zero-order valence-corrected chi connectivity index (χ0v) is 15.1. The largest absolute Gasteiger partial charge is 0.294 e. The molecular formula is C20H16ClN5O. The van der Waals surface area contributed by atoms with Gasteiger partial charge in [0.05, 0.1) is 5.69 Å². The summed E-state index contributed by atoms with van der Waals surface area (Å²) in [5.74, 6) is 0.265. The van der Waals surface area contributed by atoms with Gasteiger partial charge in [-0.2, -0.15) is 10.4 Å². The Kier molecular flexibility index (Phi) is 4.61. The maximum atomic E-state index is 12.9. The molecule has 3 heterocycles.